The maximum atomic E-state index is 12.0. The van der Waals surface area contributed by atoms with E-state index in [0.717, 1.165) is 0 Å². The summed E-state index contributed by atoms with van der Waals surface area (Å²) < 4.78 is 25.8. The van der Waals surface area contributed by atoms with Crippen molar-refractivity contribution in [3.63, 3.8) is 0 Å². The molecule has 2 aromatic carbocycles. The van der Waals surface area contributed by atoms with Crippen LogP contribution < -0.4 is 4.74 Å². The van der Waals surface area contributed by atoms with Crippen LogP contribution in [0.15, 0.2) is 36.4 Å². The fourth-order valence-electron chi connectivity index (χ4n) is 3.03. The Kier molecular flexibility index (Phi) is 4.42. The molecule has 0 aromatic heterocycles. The first-order valence-corrected chi connectivity index (χ1v) is 8.54. The first-order chi connectivity index (χ1) is 13.8. The molecule has 0 saturated carbocycles. The van der Waals surface area contributed by atoms with Crippen molar-refractivity contribution in [1.29, 1.82) is 0 Å². The zero-order valence-corrected chi connectivity index (χ0v) is 15.3. The molecule has 0 fully saturated rings. The Morgan fingerprint density at radius 2 is 1.31 bits per heavy atom. The maximum Gasteiger partial charge on any atom is 0.342 e. The maximum absolute atomic E-state index is 12.0. The average molecular weight is 398 g/mol. The zero-order chi connectivity index (χ0) is 20.7. The fraction of sp³-hybridized carbons (Fsp3) is 0.200. The highest BCUT2D eigenvalue weighted by Gasteiger charge is 2.35. The van der Waals surface area contributed by atoms with Gasteiger partial charge in [0.1, 0.15) is 11.5 Å². The Morgan fingerprint density at radius 1 is 0.759 bits per heavy atom. The minimum Gasteiger partial charge on any atom is -0.457 e. The van der Waals surface area contributed by atoms with Gasteiger partial charge in [0.05, 0.1) is 16.7 Å². The van der Waals surface area contributed by atoms with Crippen molar-refractivity contribution in [2.45, 2.75) is 26.4 Å². The quantitative estimate of drug-likeness (QED) is 0.717. The third kappa shape index (κ3) is 3.49. The van der Waals surface area contributed by atoms with Gasteiger partial charge in [0.15, 0.2) is 0 Å². The van der Waals surface area contributed by atoms with Crippen LogP contribution in [0.25, 0.3) is 0 Å². The molecule has 2 aliphatic rings. The van der Waals surface area contributed by atoms with Crippen molar-refractivity contribution in [2.24, 2.45) is 0 Å². The van der Waals surface area contributed by atoms with Crippen LogP contribution in [0.3, 0.4) is 0 Å². The SMILES string of the molecule is CC(=O)OC1OC(=O)c2cc(Oc3ccc4c(c3)C(OC(C)=O)OC4=O)ccc21. The number of hydrogen-bond acceptors (Lipinski definition) is 9. The van der Waals surface area contributed by atoms with E-state index in [2.05, 4.69) is 0 Å². The fourth-order valence-corrected chi connectivity index (χ4v) is 3.03. The number of rotatable bonds is 4. The summed E-state index contributed by atoms with van der Waals surface area (Å²) in [4.78, 5) is 46.2. The molecule has 29 heavy (non-hydrogen) atoms. The van der Waals surface area contributed by atoms with Gasteiger partial charge in [-0.2, -0.15) is 0 Å². The second kappa shape index (κ2) is 6.93. The van der Waals surface area contributed by atoms with Crippen LogP contribution in [0.5, 0.6) is 11.5 Å². The number of hydrogen-bond donors (Lipinski definition) is 0. The van der Waals surface area contributed by atoms with Crippen molar-refractivity contribution < 1.29 is 42.9 Å². The van der Waals surface area contributed by atoms with Gasteiger partial charge in [-0.1, -0.05) is 0 Å². The van der Waals surface area contributed by atoms with Gasteiger partial charge in [-0.3, -0.25) is 9.59 Å². The molecule has 0 amide bonds. The van der Waals surface area contributed by atoms with Gasteiger partial charge in [-0.15, -0.1) is 0 Å². The predicted octanol–water partition coefficient (Wildman–Crippen LogP) is 2.94. The molecular weight excluding hydrogens is 384 g/mol. The number of carbonyl (C=O) groups excluding carboxylic acids is 4. The first-order valence-electron chi connectivity index (χ1n) is 8.54. The molecular formula is C20H14O9. The van der Waals surface area contributed by atoms with E-state index in [1.54, 1.807) is 18.2 Å². The topological polar surface area (TPSA) is 114 Å². The zero-order valence-electron chi connectivity index (χ0n) is 15.3. The van der Waals surface area contributed by atoms with Gasteiger partial charge in [0.25, 0.3) is 12.6 Å². The molecule has 2 aromatic rings. The molecule has 0 bridgehead atoms. The molecule has 2 aliphatic heterocycles. The molecule has 0 aliphatic carbocycles. The molecule has 0 N–H and O–H groups in total. The molecule has 148 valence electrons. The summed E-state index contributed by atoms with van der Waals surface area (Å²) in [6.07, 6.45) is -2.23. The van der Waals surface area contributed by atoms with E-state index in [1.165, 1.54) is 32.0 Å². The van der Waals surface area contributed by atoms with Crippen molar-refractivity contribution in [3.8, 4) is 11.5 Å². The molecule has 2 heterocycles. The highest BCUT2D eigenvalue weighted by molar-refractivity contribution is 5.95. The Labute approximate surface area is 164 Å². The molecule has 0 saturated heterocycles. The Bertz CT molecular complexity index is 1050. The molecule has 0 radical (unpaired) electrons. The van der Waals surface area contributed by atoms with Gasteiger partial charge < -0.3 is 23.7 Å². The lowest BCUT2D eigenvalue weighted by atomic mass is 10.1. The Hall–Kier alpha value is -3.88. The summed E-state index contributed by atoms with van der Waals surface area (Å²) in [5.41, 5.74) is 1.26. The van der Waals surface area contributed by atoms with Crippen molar-refractivity contribution in [3.05, 3.63) is 58.7 Å². The van der Waals surface area contributed by atoms with E-state index in [4.69, 9.17) is 23.7 Å². The van der Waals surface area contributed by atoms with Crippen LogP contribution in [-0.2, 0) is 28.5 Å². The second-order valence-corrected chi connectivity index (χ2v) is 6.29. The Balaban J connectivity index is 1.59. The van der Waals surface area contributed by atoms with Crippen LogP contribution >= 0.6 is 0 Å². The lowest BCUT2D eigenvalue weighted by Crippen LogP contribution is -2.08. The van der Waals surface area contributed by atoms with Crippen LogP contribution in [-0.4, -0.2) is 23.9 Å². The molecule has 9 nitrogen and oxygen atoms in total. The van der Waals surface area contributed by atoms with E-state index in [-0.39, 0.29) is 11.1 Å². The summed E-state index contributed by atoms with van der Waals surface area (Å²) in [6.45, 7) is 2.42. The van der Waals surface area contributed by atoms with E-state index in [9.17, 15) is 19.2 Å². The van der Waals surface area contributed by atoms with Crippen molar-refractivity contribution in [2.75, 3.05) is 0 Å². The van der Waals surface area contributed by atoms with Crippen LogP contribution in [0, 0.1) is 0 Å². The van der Waals surface area contributed by atoms with Gasteiger partial charge in [-0.05, 0) is 36.4 Å². The number of carbonyl (C=O) groups is 4. The predicted molar refractivity (Wildman–Crippen MR) is 92.8 cm³/mol. The van der Waals surface area contributed by atoms with Crippen LogP contribution in [0.1, 0.15) is 58.3 Å². The molecule has 9 heteroatoms. The standard InChI is InChI=1S/C20H14O9/c1-9(21)25-19-14-6-4-11(7-15(14)18(24)29-19)27-12-3-5-13-16(8-12)20(26-10(2)22)28-17(13)23/h3-8,19-20H,1-2H3. The number of ether oxygens (including phenoxy) is 5. The highest BCUT2D eigenvalue weighted by Crippen LogP contribution is 2.38. The molecule has 2 atom stereocenters. The normalized spacial score (nSPS) is 19.0. The number of esters is 4. The Morgan fingerprint density at radius 3 is 1.97 bits per heavy atom. The van der Waals surface area contributed by atoms with Gasteiger partial charge in [0, 0.05) is 19.4 Å². The molecule has 2 unspecified atom stereocenters. The summed E-state index contributed by atoms with van der Waals surface area (Å²) in [7, 11) is 0. The summed E-state index contributed by atoms with van der Waals surface area (Å²) in [6, 6.07) is 9.15. The summed E-state index contributed by atoms with van der Waals surface area (Å²) in [5.74, 6) is -1.76. The lowest BCUT2D eigenvalue weighted by molar-refractivity contribution is -0.166. The first kappa shape index (κ1) is 18.5. The van der Waals surface area contributed by atoms with Crippen LogP contribution in [0.4, 0.5) is 0 Å². The lowest BCUT2D eigenvalue weighted by Gasteiger charge is -2.12. The van der Waals surface area contributed by atoms with Crippen molar-refractivity contribution >= 4 is 23.9 Å². The smallest absolute Gasteiger partial charge is 0.342 e. The molecule has 0 spiro atoms. The van der Waals surface area contributed by atoms with Crippen LogP contribution in [0.2, 0.25) is 0 Å². The van der Waals surface area contributed by atoms with Gasteiger partial charge in [0.2, 0.25) is 0 Å². The number of cyclic esters (lactones) is 2. The largest absolute Gasteiger partial charge is 0.457 e. The van der Waals surface area contributed by atoms with E-state index >= 15 is 0 Å². The van der Waals surface area contributed by atoms with Gasteiger partial charge in [-0.25, -0.2) is 9.59 Å². The highest BCUT2D eigenvalue weighted by atomic mass is 16.7. The monoisotopic (exact) mass is 398 g/mol. The third-order valence-electron chi connectivity index (χ3n) is 4.21. The van der Waals surface area contributed by atoms with Gasteiger partial charge >= 0.3 is 23.9 Å². The number of benzene rings is 2. The minimum absolute atomic E-state index is 0.214. The van der Waals surface area contributed by atoms with E-state index < -0.39 is 36.5 Å². The minimum atomic E-state index is -1.14. The number of fused-ring (bicyclic) bond motifs is 2. The van der Waals surface area contributed by atoms with Crippen molar-refractivity contribution in [1.82, 2.24) is 0 Å². The van der Waals surface area contributed by atoms with E-state index in [1.807, 2.05) is 0 Å². The summed E-state index contributed by atoms with van der Waals surface area (Å²) >= 11 is 0. The second-order valence-electron chi connectivity index (χ2n) is 6.29. The van der Waals surface area contributed by atoms with E-state index in [0.29, 0.717) is 22.6 Å². The average Bonchev–Trinajstić information content (AvgIpc) is 3.11. The third-order valence-corrected chi connectivity index (χ3v) is 4.21. The molecule has 4 rings (SSSR count). The summed E-state index contributed by atoms with van der Waals surface area (Å²) in [5, 5.41) is 0.